The van der Waals surface area contributed by atoms with Gasteiger partial charge >= 0.3 is 6.18 Å². The first-order valence-electron chi connectivity index (χ1n) is 4.28. The number of alkyl halides is 3. The third-order valence-electron chi connectivity index (χ3n) is 1.74. The zero-order valence-electron chi connectivity index (χ0n) is 7.96. The van der Waals surface area contributed by atoms with Gasteiger partial charge in [0.25, 0.3) is 0 Å². The molecular formula is C10H7ClF3NO. The number of nitrogens with zero attached hydrogens (tertiary/aromatic N) is 1. The summed E-state index contributed by atoms with van der Waals surface area (Å²) < 4.78 is 37.5. The molecule has 0 spiro atoms. The van der Waals surface area contributed by atoms with Gasteiger partial charge in [0.15, 0.2) is 0 Å². The molecule has 0 aliphatic heterocycles. The zero-order valence-corrected chi connectivity index (χ0v) is 8.72. The van der Waals surface area contributed by atoms with Crippen LogP contribution < -0.4 is 0 Å². The molecule has 6 heteroatoms. The van der Waals surface area contributed by atoms with Crippen LogP contribution in [0.15, 0.2) is 18.3 Å². The highest BCUT2D eigenvalue weighted by atomic mass is 35.5. The maximum absolute atomic E-state index is 12.5. The average Bonchev–Trinajstić information content (AvgIpc) is 2.16. The van der Waals surface area contributed by atoms with E-state index in [1.807, 2.05) is 0 Å². The van der Waals surface area contributed by atoms with E-state index in [-0.39, 0.29) is 17.1 Å². The van der Waals surface area contributed by atoms with Crippen LogP contribution in [-0.2, 0) is 11.0 Å². The summed E-state index contributed by atoms with van der Waals surface area (Å²) in [4.78, 5) is 13.4. The fourth-order valence-corrected chi connectivity index (χ4v) is 1.24. The second-order valence-corrected chi connectivity index (χ2v) is 3.28. The van der Waals surface area contributed by atoms with E-state index in [1.54, 1.807) is 0 Å². The summed E-state index contributed by atoms with van der Waals surface area (Å²) in [5, 5.41) is -0.0289. The Kier molecular flexibility index (Phi) is 4.06. The van der Waals surface area contributed by atoms with Crippen molar-refractivity contribution in [1.29, 1.82) is 0 Å². The molecule has 2 nitrogen and oxygen atoms in total. The molecule has 86 valence electrons. The fourth-order valence-electron chi connectivity index (χ4n) is 1.07. The lowest BCUT2D eigenvalue weighted by Crippen LogP contribution is -2.08. The Labute approximate surface area is 94.7 Å². The van der Waals surface area contributed by atoms with Crippen LogP contribution in [0.5, 0.6) is 0 Å². The number of aldehydes is 1. The van der Waals surface area contributed by atoms with E-state index in [0.717, 1.165) is 6.07 Å². The summed E-state index contributed by atoms with van der Waals surface area (Å²) in [7, 11) is 0. The molecule has 1 aromatic heterocycles. The standard InChI is InChI=1S/C10H7ClF3NO/c11-9-5-7(3-1-2-4-16)8(6-15-9)10(12,13)14/h1,3-6H,2H2. The molecule has 0 saturated heterocycles. The van der Waals surface area contributed by atoms with E-state index >= 15 is 0 Å². The Bertz CT molecular complexity index is 415. The van der Waals surface area contributed by atoms with Crippen molar-refractivity contribution < 1.29 is 18.0 Å². The molecule has 16 heavy (non-hydrogen) atoms. The van der Waals surface area contributed by atoms with Crippen LogP contribution in [0.4, 0.5) is 13.2 Å². The molecule has 0 radical (unpaired) electrons. The van der Waals surface area contributed by atoms with Gasteiger partial charge in [-0.05, 0) is 11.6 Å². The Morgan fingerprint density at radius 3 is 2.69 bits per heavy atom. The number of carbonyl (C=O) groups excluding carboxylic acids is 1. The Balaban J connectivity index is 3.13. The van der Waals surface area contributed by atoms with Gasteiger partial charge in [0.1, 0.15) is 11.4 Å². The molecule has 1 heterocycles. The predicted molar refractivity (Wildman–Crippen MR) is 54.0 cm³/mol. The first-order valence-corrected chi connectivity index (χ1v) is 4.66. The lowest BCUT2D eigenvalue weighted by Gasteiger charge is -2.09. The molecule has 0 aliphatic rings. The summed E-state index contributed by atoms with van der Waals surface area (Å²) in [6.07, 6.45) is -0.649. The van der Waals surface area contributed by atoms with Crippen LogP contribution in [0.3, 0.4) is 0 Å². The second kappa shape index (κ2) is 5.12. The van der Waals surface area contributed by atoms with Crippen molar-refractivity contribution in [1.82, 2.24) is 4.98 Å². The fraction of sp³-hybridized carbons (Fsp3) is 0.200. The van der Waals surface area contributed by atoms with E-state index in [1.165, 1.54) is 12.2 Å². The molecule has 0 saturated carbocycles. The van der Waals surface area contributed by atoms with Gasteiger partial charge in [-0.25, -0.2) is 4.98 Å². The maximum Gasteiger partial charge on any atom is 0.418 e. The molecule has 1 rings (SSSR count). The molecule has 0 bridgehead atoms. The summed E-state index contributed by atoms with van der Waals surface area (Å²) >= 11 is 5.50. The highest BCUT2D eigenvalue weighted by molar-refractivity contribution is 6.29. The van der Waals surface area contributed by atoms with Crippen molar-refractivity contribution >= 4 is 24.0 Å². The summed E-state index contributed by atoms with van der Waals surface area (Å²) in [5.74, 6) is 0. The summed E-state index contributed by atoms with van der Waals surface area (Å²) in [6, 6.07) is 1.10. The van der Waals surface area contributed by atoms with Crippen molar-refractivity contribution in [2.24, 2.45) is 0 Å². The van der Waals surface area contributed by atoms with Gasteiger partial charge in [-0.2, -0.15) is 13.2 Å². The third kappa shape index (κ3) is 3.34. The van der Waals surface area contributed by atoms with Crippen LogP contribution in [0.1, 0.15) is 17.5 Å². The van der Waals surface area contributed by atoms with Gasteiger partial charge in [0.2, 0.25) is 0 Å². The van der Waals surface area contributed by atoms with Gasteiger partial charge in [0.05, 0.1) is 5.56 Å². The Morgan fingerprint density at radius 2 is 2.12 bits per heavy atom. The van der Waals surface area contributed by atoms with Crippen LogP contribution in [0.25, 0.3) is 6.08 Å². The number of carbonyl (C=O) groups is 1. The number of aromatic nitrogens is 1. The van der Waals surface area contributed by atoms with E-state index in [4.69, 9.17) is 11.6 Å². The SMILES string of the molecule is O=CCC=Cc1cc(Cl)ncc1C(F)(F)F. The normalized spacial score (nSPS) is 12.0. The van der Waals surface area contributed by atoms with Crippen molar-refractivity contribution in [2.45, 2.75) is 12.6 Å². The minimum absolute atomic E-state index is 0.0289. The first-order chi connectivity index (χ1) is 7.45. The topological polar surface area (TPSA) is 30.0 Å². The van der Waals surface area contributed by atoms with Crippen molar-refractivity contribution in [3.05, 3.63) is 34.6 Å². The van der Waals surface area contributed by atoms with Gasteiger partial charge in [0, 0.05) is 12.6 Å². The van der Waals surface area contributed by atoms with Crippen LogP contribution in [0, 0.1) is 0 Å². The van der Waals surface area contributed by atoms with Crippen LogP contribution in [-0.4, -0.2) is 11.3 Å². The Hall–Kier alpha value is -1.36. The van der Waals surface area contributed by atoms with Crippen LogP contribution >= 0.6 is 11.6 Å². The largest absolute Gasteiger partial charge is 0.418 e. The van der Waals surface area contributed by atoms with Gasteiger partial charge < -0.3 is 4.79 Å². The van der Waals surface area contributed by atoms with Crippen LogP contribution in [0.2, 0.25) is 5.15 Å². The predicted octanol–water partition coefficient (Wildman–Crippen LogP) is 3.36. The molecule has 0 aliphatic carbocycles. The smallest absolute Gasteiger partial charge is 0.303 e. The molecule has 0 unspecified atom stereocenters. The number of pyridine rings is 1. The molecule has 0 aromatic carbocycles. The van der Waals surface area contributed by atoms with E-state index < -0.39 is 11.7 Å². The average molecular weight is 250 g/mol. The van der Waals surface area contributed by atoms with Crippen molar-refractivity contribution in [2.75, 3.05) is 0 Å². The quantitative estimate of drug-likeness (QED) is 0.607. The lowest BCUT2D eigenvalue weighted by molar-refractivity contribution is -0.138. The van der Waals surface area contributed by atoms with Gasteiger partial charge in [-0.1, -0.05) is 23.8 Å². The van der Waals surface area contributed by atoms with Gasteiger partial charge in [-0.15, -0.1) is 0 Å². The molecule has 0 N–H and O–H groups in total. The number of allylic oxidation sites excluding steroid dienone is 1. The Morgan fingerprint density at radius 1 is 1.44 bits per heavy atom. The number of halogens is 4. The zero-order chi connectivity index (χ0) is 12.2. The summed E-state index contributed by atoms with van der Waals surface area (Å²) in [6.45, 7) is 0. The van der Waals surface area contributed by atoms with E-state index in [0.29, 0.717) is 12.5 Å². The lowest BCUT2D eigenvalue weighted by atomic mass is 10.1. The van der Waals surface area contributed by atoms with E-state index in [2.05, 4.69) is 4.98 Å². The minimum Gasteiger partial charge on any atom is -0.303 e. The van der Waals surface area contributed by atoms with E-state index in [9.17, 15) is 18.0 Å². The molecule has 0 atom stereocenters. The molecular weight excluding hydrogens is 243 g/mol. The monoisotopic (exact) mass is 249 g/mol. The molecule has 1 aromatic rings. The van der Waals surface area contributed by atoms with Crippen molar-refractivity contribution in [3.8, 4) is 0 Å². The molecule has 0 fully saturated rings. The molecule has 0 amide bonds. The minimum atomic E-state index is -4.49. The highest BCUT2D eigenvalue weighted by Crippen LogP contribution is 2.32. The van der Waals surface area contributed by atoms with Gasteiger partial charge in [-0.3, -0.25) is 0 Å². The highest BCUT2D eigenvalue weighted by Gasteiger charge is 2.33. The number of rotatable bonds is 3. The first kappa shape index (κ1) is 12.7. The third-order valence-corrected chi connectivity index (χ3v) is 1.94. The second-order valence-electron chi connectivity index (χ2n) is 2.90. The number of hydrogen-bond donors (Lipinski definition) is 0. The summed E-state index contributed by atoms with van der Waals surface area (Å²) in [5.41, 5.74) is -0.978. The number of hydrogen-bond acceptors (Lipinski definition) is 2. The van der Waals surface area contributed by atoms with Crippen molar-refractivity contribution in [3.63, 3.8) is 0 Å². The maximum atomic E-state index is 12.5.